The van der Waals surface area contributed by atoms with Gasteiger partial charge in [0.2, 0.25) is 0 Å². The van der Waals surface area contributed by atoms with Crippen molar-refractivity contribution in [1.82, 2.24) is 25.5 Å². The maximum Gasteiger partial charge on any atom is 0.165 e. The second-order valence-electron chi connectivity index (χ2n) is 5.33. The van der Waals surface area contributed by atoms with Gasteiger partial charge in [-0.05, 0) is 42.2 Å². The zero-order chi connectivity index (χ0) is 12.3. The fourth-order valence-corrected chi connectivity index (χ4v) is 2.97. The van der Waals surface area contributed by atoms with Crippen LogP contribution in [0.3, 0.4) is 0 Å². The van der Waals surface area contributed by atoms with Crippen molar-refractivity contribution in [2.24, 2.45) is 11.8 Å². The molecule has 2 unspecified atom stereocenters. The molecule has 0 spiro atoms. The summed E-state index contributed by atoms with van der Waals surface area (Å²) in [7, 11) is 1.93. The molecule has 2 rings (SSSR count). The van der Waals surface area contributed by atoms with E-state index in [0.717, 1.165) is 12.4 Å². The summed E-state index contributed by atoms with van der Waals surface area (Å²) in [5.41, 5.74) is 0. The highest BCUT2D eigenvalue weighted by atomic mass is 15.6. The molecule has 1 N–H and O–H groups in total. The van der Waals surface area contributed by atoms with Crippen LogP contribution in [0.15, 0.2) is 0 Å². The van der Waals surface area contributed by atoms with Gasteiger partial charge in [-0.15, -0.1) is 5.10 Å². The van der Waals surface area contributed by atoms with Crippen LogP contribution in [-0.2, 0) is 6.54 Å². The summed E-state index contributed by atoms with van der Waals surface area (Å²) in [6, 6.07) is 0.488. The highest BCUT2D eigenvalue weighted by Crippen LogP contribution is 2.38. The lowest BCUT2D eigenvalue weighted by atomic mass is 9.78. The van der Waals surface area contributed by atoms with Gasteiger partial charge in [0.1, 0.15) is 0 Å². The number of tetrazole rings is 1. The van der Waals surface area contributed by atoms with Crippen molar-refractivity contribution >= 4 is 0 Å². The van der Waals surface area contributed by atoms with Crippen molar-refractivity contribution < 1.29 is 0 Å². The normalized spacial score (nSPS) is 25.4. The van der Waals surface area contributed by atoms with E-state index in [1.54, 1.807) is 0 Å². The minimum absolute atomic E-state index is 0.488. The van der Waals surface area contributed by atoms with Gasteiger partial charge in [0.25, 0.3) is 0 Å². The van der Waals surface area contributed by atoms with Crippen LogP contribution in [0.1, 0.15) is 51.4 Å². The van der Waals surface area contributed by atoms with Crippen molar-refractivity contribution in [2.75, 3.05) is 7.05 Å². The maximum atomic E-state index is 4.21. The van der Waals surface area contributed by atoms with Crippen molar-refractivity contribution in [3.05, 3.63) is 5.82 Å². The molecule has 0 amide bonds. The summed E-state index contributed by atoms with van der Waals surface area (Å²) in [4.78, 5) is 0. The lowest BCUT2D eigenvalue weighted by molar-refractivity contribution is 0.167. The highest BCUT2D eigenvalue weighted by molar-refractivity contribution is 4.89. The topological polar surface area (TPSA) is 55.6 Å². The summed E-state index contributed by atoms with van der Waals surface area (Å²) in [5, 5.41) is 15.3. The minimum Gasteiger partial charge on any atom is -0.313 e. The molecule has 96 valence electrons. The predicted octanol–water partition coefficient (Wildman–Crippen LogP) is 1.78. The quantitative estimate of drug-likeness (QED) is 0.867. The first-order chi connectivity index (χ1) is 8.24. The van der Waals surface area contributed by atoms with Gasteiger partial charge in [-0.1, -0.05) is 26.7 Å². The van der Waals surface area contributed by atoms with E-state index in [-0.39, 0.29) is 0 Å². The molecule has 1 aromatic rings. The Morgan fingerprint density at radius 1 is 1.35 bits per heavy atom. The molecular formula is C12H23N5. The molecule has 5 heteroatoms. The van der Waals surface area contributed by atoms with Gasteiger partial charge in [0.05, 0.1) is 12.6 Å². The van der Waals surface area contributed by atoms with Crippen LogP contribution in [-0.4, -0.2) is 27.3 Å². The number of nitrogens with zero attached hydrogens (tertiary/aromatic N) is 4. The zero-order valence-electron chi connectivity index (χ0n) is 11.1. The molecule has 0 aliphatic heterocycles. The third-order valence-corrected chi connectivity index (χ3v) is 3.85. The molecule has 1 saturated carbocycles. The second-order valence-corrected chi connectivity index (χ2v) is 5.33. The first-order valence-corrected chi connectivity index (χ1v) is 6.65. The zero-order valence-corrected chi connectivity index (χ0v) is 11.1. The number of nitrogens with one attached hydrogen (secondary N) is 1. The summed E-state index contributed by atoms with van der Waals surface area (Å²) in [6.07, 6.45) is 5.17. The average Bonchev–Trinajstić information content (AvgIpc) is 2.77. The lowest BCUT2D eigenvalue weighted by Gasteiger charge is -2.34. The largest absolute Gasteiger partial charge is 0.313 e. The molecule has 0 aromatic carbocycles. The first-order valence-electron chi connectivity index (χ1n) is 6.65. The molecule has 1 aliphatic rings. The number of aromatic nitrogens is 4. The molecular weight excluding hydrogens is 214 g/mol. The van der Waals surface area contributed by atoms with Gasteiger partial charge < -0.3 is 5.32 Å². The van der Waals surface area contributed by atoms with E-state index in [4.69, 9.17) is 0 Å². The van der Waals surface area contributed by atoms with Crippen LogP contribution < -0.4 is 5.32 Å². The van der Waals surface area contributed by atoms with E-state index in [2.05, 4.69) is 39.4 Å². The van der Waals surface area contributed by atoms with Gasteiger partial charge in [-0.2, -0.15) is 0 Å². The fourth-order valence-electron chi connectivity index (χ4n) is 2.97. The molecule has 1 fully saturated rings. The van der Waals surface area contributed by atoms with Gasteiger partial charge >= 0.3 is 0 Å². The molecule has 0 bridgehead atoms. The third kappa shape index (κ3) is 2.65. The number of hydrogen-bond acceptors (Lipinski definition) is 4. The Kier molecular flexibility index (Phi) is 4.10. The summed E-state index contributed by atoms with van der Waals surface area (Å²) in [5.74, 6) is 2.37. The molecule has 1 aliphatic carbocycles. The number of hydrogen-bond donors (Lipinski definition) is 1. The van der Waals surface area contributed by atoms with E-state index in [9.17, 15) is 0 Å². The highest BCUT2D eigenvalue weighted by Gasteiger charge is 2.31. The third-order valence-electron chi connectivity index (χ3n) is 3.85. The smallest absolute Gasteiger partial charge is 0.165 e. The summed E-state index contributed by atoms with van der Waals surface area (Å²) < 4.78 is 2.06. The van der Waals surface area contributed by atoms with E-state index >= 15 is 0 Å². The van der Waals surface area contributed by atoms with Crippen LogP contribution in [0, 0.1) is 11.8 Å². The number of rotatable bonds is 4. The fraction of sp³-hybridized carbons (Fsp3) is 0.917. The van der Waals surface area contributed by atoms with Gasteiger partial charge in [-0.3, -0.25) is 0 Å². The standard InChI is InChI=1S/C12H23N5/c1-9(2)10-6-4-5-7-11(10)17-12(8-13-3)14-15-16-17/h9-11,13H,4-8H2,1-3H3. The minimum atomic E-state index is 0.488. The summed E-state index contributed by atoms with van der Waals surface area (Å²) in [6.45, 7) is 5.37. The van der Waals surface area contributed by atoms with Gasteiger partial charge in [0.15, 0.2) is 5.82 Å². The second kappa shape index (κ2) is 5.58. The molecule has 17 heavy (non-hydrogen) atoms. The average molecular weight is 237 g/mol. The lowest BCUT2D eigenvalue weighted by Crippen LogP contribution is -2.30. The van der Waals surface area contributed by atoms with E-state index in [0.29, 0.717) is 17.9 Å². The summed E-state index contributed by atoms with van der Waals surface area (Å²) >= 11 is 0. The Bertz CT molecular complexity index is 346. The monoisotopic (exact) mass is 237 g/mol. The SMILES string of the molecule is CNCc1nnnn1C1CCCCC1C(C)C. The van der Waals surface area contributed by atoms with E-state index < -0.39 is 0 Å². The van der Waals surface area contributed by atoms with Crippen molar-refractivity contribution in [3.8, 4) is 0 Å². The Labute approximate surface area is 103 Å². The molecule has 0 saturated heterocycles. The van der Waals surface area contributed by atoms with Crippen LogP contribution in [0.5, 0.6) is 0 Å². The van der Waals surface area contributed by atoms with Gasteiger partial charge in [-0.25, -0.2) is 4.68 Å². The van der Waals surface area contributed by atoms with Gasteiger partial charge in [0, 0.05) is 0 Å². The van der Waals surface area contributed by atoms with Crippen molar-refractivity contribution in [3.63, 3.8) is 0 Å². The van der Waals surface area contributed by atoms with Crippen LogP contribution in [0.2, 0.25) is 0 Å². The Morgan fingerprint density at radius 2 is 2.12 bits per heavy atom. The van der Waals surface area contributed by atoms with E-state index in [1.165, 1.54) is 25.7 Å². The van der Waals surface area contributed by atoms with Crippen molar-refractivity contribution in [2.45, 2.75) is 52.1 Å². The maximum absolute atomic E-state index is 4.21. The predicted molar refractivity (Wildman–Crippen MR) is 66.4 cm³/mol. The molecule has 2 atom stereocenters. The molecule has 1 heterocycles. The molecule has 1 aromatic heterocycles. The van der Waals surface area contributed by atoms with Crippen LogP contribution >= 0.6 is 0 Å². The van der Waals surface area contributed by atoms with Crippen molar-refractivity contribution in [1.29, 1.82) is 0 Å². The Hall–Kier alpha value is -0.970. The Morgan fingerprint density at radius 3 is 2.82 bits per heavy atom. The molecule has 5 nitrogen and oxygen atoms in total. The van der Waals surface area contributed by atoms with E-state index in [1.807, 2.05) is 7.05 Å². The van der Waals surface area contributed by atoms with Crippen LogP contribution in [0.25, 0.3) is 0 Å². The van der Waals surface area contributed by atoms with Crippen LogP contribution in [0.4, 0.5) is 0 Å². The first kappa shape index (κ1) is 12.5. The molecule has 0 radical (unpaired) electrons. The Balaban J connectivity index is 2.20.